The number of carbonyl (C=O) groups is 1. The Bertz CT molecular complexity index is 1720. The van der Waals surface area contributed by atoms with Gasteiger partial charge in [-0.25, -0.2) is 14.2 Å². The second kappa shape index (κ2) is 14.6. The van der Waals surface area contributed by atoms with Crippen LogP contribution in [0.5, 0.6) is 0 Å². The van der Waals surface area contributed by atoms with Crippen LogP contribution in [-0.2, 0) is 16.1 Å². The lowest BCUT2D eigenvalue weighted by atomic mass is 10.0. The van der Waals surface area contributed by atoms with Crippen molar-refractivity contribution < 1.29 is 36.7 Å². The third-order valence-electron chi connectivity index (χ3n) is 6.91. The molecule has 13 heteroatoms. The van der Waals surface area contributed by atoms with E-state index >= 15 is 0 Å². The van der Waals surface area contributed by atoms with Crippen molar-refractivity contribution in [1.82, 2.24) is 10.1 Å². The Morgan fingerprint density at radius 2 is 1.59 bits per heavy atom. The van der Waals surface area contributed by atoms with E-state index in [1.54, 1.807) is 18.3 Å². The first kappa shape index (κ1) is 32.0. The standard InChI is InChI=1S/C31H28FN5O2.C2HF3O2/c32-25-8-6-23(7-9-25)29-30(36-39-31(29)34-21-22-4-2-1-3-5-22)24-14-15-33-28(20-24)35-26-10-12-27(13-11-26)37-16-18-38-19-17-37;3-2(4,5)1(6)7/h1-15,20,34H,16-19,21H2,(H,33,35);(H,6,7). The van der Waals surface area contributed by atoms with Crippen molar-refractivity contribution in [2.75, 3.05) is 41.8 Å². The van der Waals surface area contributed by atoms with Gasteiger partial charge in [-0.2, -0.15) is 13.2 Å². The minimum absolute atomic E-state index is 0.300. The van der Waals surface area contributed by atoms with E-state index in [0.29, 0.717) is 23.9 Å². The quantitative estimate of drug-likeness (QED) is 0.151. The van der Waals surface area contributed by atoms with Gasteiger partial charge < -0.3 is 29.9 Å². The Labute approximate surface area is 261 Å². The molecule has 5 aromatic rings. The number of aromatic nitrogens is 2. The van der Waals surface area contributed by atoms with Crippen LogP contribution in [-0.4, -0.2) is 53.7 Å². The Morgan fingerprint density at radius 3 is 2.24 bits per heavy atom. The van der Waals surface area contributed by atoms with Crippen LogP contribution >= 0.6 is 0 Å². The number of aliphatic carboxylic acids is 1. The average Bonchev–Trinajstić information content (AvgIpc) is 3.49. The molecule has 0 amide bonds. The molecule has 0 saturated carbocycles. The number of halogens is 4. The average molecular weight is 636 g/mol. The molecule has 0 radical (unpaired) electrons. The second-order valence-electron chi connectivity index (χ2n) is 10.1. The summed E-state index contributed by atoms with van der Waals surface area (Å²) in [5, 5.41) is 18.3. The molecule has 46 heavy (non-hydrogen) atoms. The first-order chi connectivity index (χ1) is 22.2. The summed E-state index contributed by atoms with van der Waals surface area (Å²) in [7, 11) is 0. The van der Waals surface area contributed by atoms with Crippen molar-refractivity contribution in [2.24, 2.45) is 0 Å². The highest BCUT2D eigenvalue weighted by Gasteiger charge is 2.38. The molecule has 0 atom stereocenters. The number of hydrogen-bond acceptors (Lipinski definition) is 8. The van der Waals surface area contributed by atoms with Crippen LogP contribution in [0.2, 0.25) is 0 Å². The fraction of sp³-hybridized carbons (Fsp3) is 0.182. The van der Waals surface area contributed by atoms with Gasteiger partial charge in [0.15, 0.2) is 0 Å². The van der Waals surface area contributed by atoms with Gasteiger partial charge in [-0.05, 0) is 59.7 Å². The Balaban J connectivity index is 0.000000537. The summed E-state index contributed by atoms with van der Waals surface area (Å²) >= 11 is 0. The van der Waals surface area contributed by atoms with E-state index in [9.17, 15) is 17.6 Å². The minimum atomic E-state index is -5.08. The van der Waals surface area contributed by atoms with Gasteiger partial charge in [-0.1, -0.05) is 47.6 Å². The summed E-state index contributed by atoms with van der Waals surface area (Å²) in [5.41, 5.74) is 6.24. The molecule has 2 aromatic heterocycles. The lowest BCUT2D eigenvalue weighted by molar-refractivity contribution is -0.192. The molecule has 238 valence electrons. The summed E-state index contributed by atoms with van der Waals surface area (Å²) in [6.07, 6.45) is -3.35. The lowest BCUT2D eigenvalue weighted by Gasteiger charge is -2.28. The zero-order chi connectivity index (χ0) is 32.5. The third kappa shape index (κ3) is 8.39. The highest BCUT2D eigenvalue weighted by atomic mass is 19.4. The molecular weight excluding hydrogens is 606 g/mol. The molecular formula is C33H29F4N5O4. The lowest BCUT2D eigenvalue weighted by Crippen LogP contribution is -2.36. The molecule has 1 aliphatic rings. The number of anilines is 4. The number of nitrogens with one attached hydrogen (secondary N) is 2. The zero-order valence-electron chi connectivity index (χ0n) is 24.3. The number of rotatable bonds is 8. The van der Waals surface area contributed by atoms with Crippen molar-refractivity contribution in [3.8, 4) is 22.4 Å². The van der Waals surface area contributed by atoms with Crippen LogP contribution in [0.1, 0.15) is 5.56 Å². The number of alkyl halides is 3. The predicted octanol–water partition coefficient (Wildman–Crippen LogP) is 7.37. The normalized spacial score (nSPS) is 13.0. The van der Waals surface area contributed by atoms with Gasteiger partial charge in [-0.3, -0.25) is 0 Å². The molecule has 9 nitrogen and oxygen atoms in total. The summed E-state index contributed by atoms with van der Waals surface area (Å²) < 4.78 is 56.7. The molecule has 3 heterocycles. The predicted molar refractivity (Wildman–Crippen MR) is 165 cm³/mol. The van der Waals surface area contributed by atoms with Crippen molar-refractivity contribution in [1.29, 1.82) is 0 Å². The van der Waals surface area contributed by atoms with Crippen molar-refractivity contribution in [3.63, 3.8) is 0 Å². The maximum atomic E-state index is 13.7. The van der Waals surface area contributed by atoms with E-state index in [1.165, 1.54) is 17.8 Å². The topological polar surface area (TPSA) is 113 Å². The monoisotopic (exact) mass is 635 g/mol. The third-order valence-corrected chi connectivity index (χ3v) is 6.91. The number of ether oxygens (including phenoxy) is 1. The molecule has 1 aliphatic heterocycles. The fourth-order valence-electron chi connectivity index (χ4n) is 4.64. The number of hydrogen-bond donors (Lipinski definition) is 3. The molecule has 0 unspecified atom stereocenters. The van der Waals surface area contributed by atoms with Gasteiger partial charge in [0.05, 0.1) is 18.8 Å². The van der Waals surface area contributed by atoms with E-state index < -0.39 is 12.1 Å². The van der Waals surface area contributed by atoms with Crippen LogP contribution in [0.3, 0.4) is 0 Å². The summed E-state index contributed by atoms with van der Waals surface area (Å²) in [4.78, 5) is 15.7. The molecule has 3 N–H and O–H groups in total. The molecule has 0 aliphatic carbocycles. The van der Waals surface area contributed by atoms with E-state index in [0.717, 1.165) is 54.2 Å². The Morgan fingerprint density at radius 1 is 0.913 bits per heavy atom. The zero-order valence-corrected chi connectivity index (χ0v) is 24.3. The minimum Gasteiger partial charge on any atom is -0.475 e. The number of carboxylic acid groups (broad SMARTS) is 1. The van der Waals surface area contributed by atoms with Crippen LogP contribution < -0.4 is 15.5 Å². The molecule has 0 spiro atoms. The van der Waals surface area contributed by atoms with Gasteiger partial charge >= 0.3 is 12.1 Å². The molecule has 1 saturated heterocycles. The Hall–Kier alpha value is -5.43. The highest BCUT2D eigenvalue weighted by molar-refractivity contribution is 5.88. The first-order valence-corrected chi connectivity index (χ1v) is 14.2. The molecule has 1 fully saturated rings. The summed E-state index contributed by atoms with van der Waals surface area (Å²) in [5.74, 6) is -1.86. The smallest absolute Gasteiger partial charge is 0.475 e. The van der Waals surface area contributed by atoms with Gasteiger partial charge in [-0.15, -0.1) is 0 Å². The molecule has 0 bridgehead atoms. The van der Waals surface area contributed by atoms with Crippen LogP contribution in [0, 0.1) is 5.82 Å². The number of benzene rings is 3. The number of pyridine rings is 1. The van der Waals surface area contributed by atoms with Crippen molar-refractivity contribution in [3.05, 3.63) is 109 Å². The number of morpholine rings is 1. The van der Waals surface area contributed by atoms with Crippen molar-refractivity contribution >= 4 is 29.0 Å². The maximum absolute atomic E-state index is 13.7. The SMILES string of the molecule is Fc1ccc(-c2c(-c3ccnc(Nc4ccc(N5CCOCC5)cc4)c3)noc2NCc2ccccc2)cc1.O=C(O)C(F)(F)F. The number of carboxylic acids is 1. The van der Waals surface area contributed by atoms with Crippen LogP contribution in [0.4, 0.5) is 40.6 Å². The first-order valence-electron chi connectivity index (χ1n) is 14.2. The van der Waals surface area contributed by atoms with E-state index in [1.807, 2.05) is 54.6 Å². The van der Waals surface area contributed by atoms with E-state index in [2.05, 4.69) is 37.8 Å². The second-order valence-corrected chi connectivity index (χ2v) is 10.1. The Kier molecular flexibility index (Phi) is 10.1. The summed E-state index contributed by atoms with van der Waals surface area (Å²) in [6.45, 7) is 3.86. The number of nitrogens with zero attached hydrogens (tertiary/aromatic N) is 3. The van der Waals surface area contributed by atoms with Gasteiger partial charge in [0.25, 0.3) is 0 Å². The van der Waals surface area contributed by atoms with Gasteiger partial charge in [0.2, 0.25) is 5.88 Å². The molecule has 3 aromatic carbocycles. The maximum Gasteiger partial charge on any atom is 0.490 e. The van der Waals surface area contributed by atoms with Gasteiger partial charge in [0, 0.05) is 42.8 Å². The fourth-order valence-corrected chi connectivity index (χ4v) is 4.64. The summed E-state index contributed by atoms with van der Waals surface area (Å²) in [6, 6.07) is 28.5. The van der Waals surface area contributed by atoms with Crippen LogP contribution in [0.25, 0.3) is 22.4 Å². The largest absolute Gasteiger partial charge is 0.490 e. The van der Waals surface area contributed by atoms with E-state index in [4.69, 9.17) is 19.2 Å². The van der Waals surface area contributed by atoms with Crippen molar-refractivity contribution in [2.45, 2.75) is 12.7 Å². The van der Waals surface area contributed by atoms with Gasteiger partial charge in [0.1, 0.15) is 17.3 Å². The highest BCUT2D eigenvalue weighted by Crippen LogP contribution is 2.38. The molecule has 6 rings (SSSR count). The van der Waals surface area contributed by atoms with E-state index in [-0.39, 0.29) is 5.82 Å². The van der Waals surface area contributed by atoms with Crippen LogP contribution in [0.15, 0.2) is 102 Å².